The number of hydrogen-bond donors (Lipinski definition) is 2. The van der Waals surface area contributed by atoms with Gasteiger partial charge >= 0.3 is 0 Å². The van der Waals surface area contributed by atoms with Crippen LogP contribution in [-0.2, 0) is 0 Å². The summed E-state index contributed by atoms with van der Waals surface area (Å²) in [6.07, 6.45) is 1.96. The lowest BCUT2D eigenvalue weighted by atomic mass is 9.97. The Bertz CT molecular complexity index is 378. The largest absolute Gasteiger partial charge is 0.497 e. The Hall–Kier alpha value is -1.26. The Morgan fingerprint density at radius 2 is 2.16 bits per heavy atom. The Labute approximate surface area is 116 Å². The fourth-order valence-corrected chi connectivity index (χ4v) is 1.97. The van der Waals surface area contributed by atoms with Crippen molar-refractivity contribution in [3.8, 4) is 5.75 Å². The highest BCUT2D eigenvalue weighted by atomic mass is 16.5. The summed E-state index contributed by atoms with van der Waals surface area (Å²) in [6.45, 7) is 3.15. The Kier molecular flexibility index (Phi) is 6.12. The number of aliphatic hydroxyl groups excluding tert-OH is 1. The minimum absolute atomic E-state index is 0.159. The summed E-state index contributed by atoms with van der Waals surface area (Å²) in [5, 5.41) is 12.5. The molecule has 4 heteroatoms. The summed E-state index contributed by atoms with van der Waals surface area (Å²) < 4.78 is 5.23. The standard InChI is InChI=1S/C15H26N2O2/c1-15(12-18,16-2)9-6-10-17(3)13-7-5-8-14(11-13)19-4/h5,7-8,11,16,18H,6,9-10,12H2,1-4H3. The molecule has 0 bridgehead atoms. The molecule has 0 saturated heterocycles. The molecule has 0 heterocycles. The van der Waals surface area contributed by atoms with E-state index in [0.717, 1.165) is 30.8 Å². The van der Waals surface area contributed by atoms with E-state index in [9.17, 15) is 5.11 Å². The molecular weight excluding hydrogens is 240 g/mol. The molecule has 2 N–H and O–H groups in total. The smallest absolute Gasteiger partial charge is 0.120 e. The lowest BCUT2D eigenvalue weighted by molar-refractivity contribution is 0.172. The van der Waals surface area contributed by atoms with Crippen LogP contribution in [0.1, 0.15) is 19.8 Å². The highest BCUT2D eigenvalue weighted by Crippen LogP contribution is 2.20. The van der Waals surface area contributed by atoms with Crippen molar-refractivity contribution in [1.82, 2.24) is 5.32 Å². The average molecular weight is 266 g/mol. The first kappa shape index (κ1) is 15.8. The van der Waals surface area contributed by atoms with Gasteiger partial charge in [0.25, 0.3) is 0 Å². The van der Waals surface area contributed by atoms with Crippen LogP contribution in [0.5, 0.6) is 5.75 Å². The molecular formula is C15H26N2O2. The van der Waals surface area contributed by atoms with E-state index in [0.29, 0.717) is 0 Å². The number of nitrogens with zero attached hydrogens (tertiary/aromatic N) is 1. The summed E-state index contributed by atoms with van der Waals surface area (Å²) in [5.41, 5.74) is 0.962. The topological polar surface area (TPSA) is 44.7 Å². The third-order valence-electron chi connectivity index (χ3n) is 3.67. The van der Waals surface area contributed by atoms with Crippen molar-refractivity contribution in [1.29, 1.82) is 0 Å². The second kappa shape index (κ2) is 7.36. The van der Waals surface area contributed by atoms with Gasteiger partial charge in [0.2, 0.25) is 0 Å². The predicted octanol–water partition coefficient (Wildman–Crippen LogP) is 1.88. The van der Waals surface area contributed by atoms with Gasteiger partial charge in [-0.15, -0.1) is 0 Å². The Balaban J connectivity index is 2.48. The van der Waals surface area contributed by atoms with E-state index in [1.165, 1.54) is 0 Å². The Morgan fingerprint density at radius 3 is 2.74 bits per heavy atom. The van der Waals surface area contributed by atoms with Gasteiger partial charge in [0, 0.05) is 30.9 Å². The zero-order valence-corrected chi connectivity index (χ0v) is 12.4. The van der Waals surface area contributed by atoms with E-state index in [1.807, 2.05) is 32.2 Å². The number of methoxy groups -OCH3 is 1. The second-order valence-corrected chi connectivity index (χ2v) is 5.20. The van der Waals surface area contributed by atoms with Gasteiger partial charge < -0.3 is 20.1 Å². The van der Waals surface area contributed by atoms with Crippen LogP contribution in [0, 0.1) is 0 Å². The van der Waals surface area contributed by atoms with Crippen molar-refractivity contribution in [2.75, 3.05) is 39.3 Å². The molecule has 0 aliphatic rings. The van der Waals surface area contributed by atoms with E-state index in [1.54, 1.807) is 7.11 Å². The van der Waals surface area contributed by atoms with Crippen LogP contribution in [0.3, 0.4) is 0 Å². The maximum atomic E-state index is 9.34. The first-order chi connectivity index (χ1) is 9.04. The molecule has 4 nitrogen and oxygen atoms in total. The van der Waals surface area contributed by atoms with Crippen molar-refractivity contribution in [2.24, 2.45) is 0 Å². The lowest BCUT2D eigenvalue weighted by Crippen LogP contribution is -2.43. The van der Waals surface area contributed by atoms with Gasteiger partial charge in [-0.3, -0.25) is 0 Å². The van der Waals surface area contributed by atoms with E-state index < -0.39 is 0 Å². The van der Waals surface area contributed by atoms with Gasteiger partial charge in [-0.25, -0.2) is 0 Å². The quantitative estimate of drug-likeness (QED) is 0.754. The molecule has 0 spiro atoms. The minimum Gasteiger partial charge on any atom is -0.497 e. The molecule has 0 saturated carbocycles. The molecule has 1 rings (SSSR count). The van der Waals surface area contributed by atoms with Crippen LogP contribution in [0.2, 0.25) is 0 Å². The molecule has 0 amide bonds. The SMILES string of the molecule is CNC(C)(CO)CCCN(C)c1cccc(OC)c1. The van der Waals surface area contributed by atoms with Crippen LogP contribution in [0.15, 0.2) is 24.3 Å². The summed E-state index contributed by atoms with van der Waals surface area (Å²) in [5.74, 6) is 0.875. The normalized spacial score (nSPS) is 13.9. The van der Waals surface area contributed by atoms with Crippen molar-refractivity contribution >= 4 is 5.69 Å². The lowest BCUT2D eigenvalue weighted by Gasteiger charge is -2.28. The van der Waals surface area contributed by atoms with Crippen molar-refractivity contribution in [3.63, 3.8) is 0 Å². The summed E-state index contributed by atoms with van der Waals surface area (Å²) in [7, 11) is 5.64. The number of likely N-dealkylation sites (N-methyl/N-ethyl adjacent to an activating group) is 1. The molecule has 0 aliphatic heterocycles. The number of hydrogen-bond acceptors (Lipinski definition) is 4. The van der Waals surface area contributed by atoms with Gasteiger partial charge in [0.1, 0.15) is 5.75 Å². The summed E-state index contributed by atoms with van der Waals surface area (Å²) in [6, 6.07) is 8.05. The third kappa shape index (κ3) is 4.73. The maximum Gasteiger partial charge on any atom is 0.120 e. The van der Waals surface area contributed by atoms with E-state index >= 15 is 0 Å². The van der Waals surface area contributed by atoms with Crippen molar-refractivity contribution in [3.05, 3.63) is 24.3 Å². The number of nitrogens with one attached hydrogen (secondary N) is 1. The molecule has 0 aromatic heterocycles. The average Bonchev–Trinajstić information content (AvgIpc) is 2.46. The van der Waals surface area contributed by atoms with Gasteiger partial charge in [-0.1, -0.05) is 6.07 Å². The van der Waals surface area contributed by atoms with E-state index in [-0.39, 0.29) is 12.1 Å². The summed E-state index contributed by atoms with van der Waals surface area (Å²) >= 11 is 0. The van der Waals surface area contributed by atoms with Crippen LogP contribution >= 0.6 is 0 Å². The van der Waals surface area contributed by atoms with E-state index in [2.05, 4.69) is 23.3 Å². The van der Waals surface area contributed by atoms with Gasteiger partial charge in [-0.2, -0.15) is 0 Å². The monoisotopic (exact) mass is 266 g/mol. The molecule has 1 atom stereocenters. The fraction of sp³-hybridized carbons (Fsp3) is 0.600. The number of rotatable bonds is 8. The van der Waals surface area contributed by atoms with Gasteiger partial charge in [-0.05, 0) is 38.9 Å². The molecule has 0 radical (unpaired) electrons. The third-order valence-corrected chi connectivity index (χ3v) is 3.67. The number of anilines is 1. The number of benzene rings is 1. The highest BCUT2D eigenvalue weighted by molar-refractivity contribution is 5.49. The van der Waals surface area contributed by atoms with E-state index in [4.69, 9.17) is 4.74 Å². The number of aliphatic hydroxyl groups is 1. The molecule has 1 aromatic rings. The van der Waals surface area contributed by atoms with Gasteiger partial charge in [0.15, 0.2) is 0 Å². The highest BCUT2D eigenvalue weighted by Gasteiger charge is 2.20. The predicted molar refractivity (Wildman–Crippen MR) is 80.0 cm³/mol. The van der Waals surface area contributed by atoms with Crippen molar-refractivity contribution in [2.45, 2.75) is 25.3 Å². The molecule has 0 aliphatic carbocycles. The Morgan fingerprint density at radius 1 is 1.42 bits per heavy atom. The zero-order chi connectivity index (χ0) is 14.3. The number of ether oxygens (including phenoxy) is 1. The second-order valence-electron chi connectivity index (χ2n) is 5.20. The molecule has 19 heavy (non-hydrogen) atoms. The van der Waals surface area contributed by atoms with Gasteiger partial charge in [0.05, 0.1) is 13.7 Å². The fourth-order valence-electron chi connectivity index (χ4n) is 1.97. The minimum atomic E-state index is -0.185. The van der Waals surface area contributed by atoms with Crippen LogP contribution in [-0.4, -0.2) is 45.0 Å². The maximum absolute atomic E-state index is 9.34. The first-order valence-corrected chi connectivity index (χ1v) is 6.69. The first-order valence-electron chi connectivity index (χ1n) is 6.69. The van der Waals surface area contributed by atoms with Crippen LogP contribution in [0.4, 0.5) is 5.69 Å². The molecule has 1 aromatic carbocycles. The van der Waals surface area contributed by atoms with Crippen LogP contribution in [0.25, 0.3) is 0 Å². The molecule has 108 valence electrons. The van der Waals surface area contributed by atoms with Crippen molar-refractivity contribution < 1.29 is 9.84 Å². The summed E-state index contributed by atoms with van der Waals surface area (Å²) in [4.78, 5) is 2.20. The van der Waals surface area contributed by atoms with Crippen LogP contribution < -0.4 is 15.0 Å². The zero-order valence-electron chi connectivity index (χ0n) is 12.4. The molecule has 0 fully saturated rings. The molecule has 1 unspecified atom stereocenters.